The molecule has 2 aliphatic carbocycles. The molecule has 0 spiro atoms. The molecule has 2 fully saturated rings. The van der Waals surface area contributed by atoms with E-state index in [1.54, 1.807) is 6.92 Å². The molecule has 5 nitrogen and oxygen atoms in total. The van der Waals surface area contributed by atoms with E-state index in [9.17, 15) is 9.18 Å². The molecule has 1 amide bonds. The molecule has 6 heteroatoms. The highest BCUT2D eigenvalue weighted by molar-refractivity contribution is 5.94. The van der Waals surface area contributed by atoms with Crippen LogP contribution >= 0.6 is 0 Å². The quantitative estimate of drug-likeness (QED) is 0.843. The number of halogens is 1. The van der Waals surface area contributed by atoms with E-state index in [2.05, 4.69) is 16.9 Å². The molecular formula is C21H24FN3O2. The molecule has 2 saturated carbocycles. The van der Waals surface area contributed by atoms with E-state index in [4.69, 9.17) is 10.5 Å². The Morgan fingerprint density at radius 1 is 1.33 bits per heavy atom. The van der Waals surface area contributed by atoms with Crippen molar-refractivity contribution in [3.05, 3.63) is 53.2 Å². The summed E-state index contributed by atoms with van der Waals surface area (Å²) in [6, 6.07) is 7.65. The van der Waals surface area contributed by atoms with Gasteiger partial charge in [0.15, 0.2) is 0 Å². The maximum absolute atomic E-state index is 13.8. The molecule has 4 rings (SSSR count). The first kappa shape index (κ1) is 17.9. The van der Waals surface area contributed by atoms with Crippen LogP contribution in [0, 0.1) is 30.5 Å². The van der Waals surface area contributed by atoms with Crippen LogP contribution in [0.2, 0.25) is 0 Å². The molecule has 1 aromatic carbocycles. The van der Waals surface area contributed by atoms with E-state index in [0.29, 0.717) is 35.1 Å². The minimum atomic E-state index is -0.514. The molecular weight excluding hydrogens is 345 g/mol. The summed E-state index contributed by atoms with van der Waals surface area (Å²) in [4.78, 5) is 19.7. The molecule has 0 aliphatic heterocycles. The number of aromatic nitrogens is 2. The lowest BCUT2D eigenvalue weighted by Gasteiger charge is -2.22. The molecule has 0 unspecified atom stereocenters. The number of nitrogens with zero attached hydrogens (tertiary/aromatic N) is 2. The van der Waals surface area contributed by atoms with Crippen LogP contribution in [-0.2, 0) is 0 Å². The third-order valence-electron chi connectivity index (χ3n) is 6.11. The molecule has 0 bridgehead atoms. The zero-order chi connectivity index (χ0) is 19.1. The first-order chi connectivity index (χ1) is 13.0. The van der Waals surface area contributed by atoms with Gasteiger partial charge in [-0.1, -0.05) is 25.1 Å². The Bertz CT molecular complexity index is 860. The van der Waals surface area contributed by atoms with Crippen molar-refractivity contribution in [1.82, 2.24) is 9.97 Å². The van der Waals surface area contributed by atoms with Gasteiger partial charge in [-0.25, -0.2) is 4.98 Å². The van der Waals surface area contributed by atoms with Gasteiger partial charge in [0.1, 0.15) is 11.9 Å². The molecule has 0 saturated heterocycles. The number of nitrogens with two attached hydrogens (primary N) is 1. The molecule has 3 atom stereocenters. The highest BCUT2D eigenvalue weighted by Crippen LogP contribution is 2.64. The Balaban J connectivity index is 1.45. The molecule has 1 aromatic heterocycles. The Kier molecular flexibility index (Phi) is 4.58. The van der Waals surface area contributed by atoms with Crippen LogP contribution in [0.3, 0.4) is 0 Å². The predicted octanol–water partition coefficient (Wildman–Crippen LogP) is 3.62. The highest BCUT2D eigenvalue weighted by atomic mass is 19.1. The van der Waals surface area contributed by atoms with Crippen molar-refractivity contribution in [2.75, 3.05) is 0 Å². The average Bonchev–Trinajstić information content (AvgIpc) is 3.12. The van der Waals surface area contributed by atoms with Crippen molar-refractivity contribution in [2.45, 2.75) is 45.1 Å². The molecule has 2 N–H and O–H groups in total. The van der Waals surface area contributed by atoms with Crippen molar-refractivity contribution in [1.29, 1.82) is 0 Å². The summed E-state index contributed by atoms with van der Waals surface area (Å²) in [5, 5.41) is 0. The molecule has 27 heavy (non-hydrogen) atoms. The number of primary amides is 1. The third kappa shape index (κ3) is 3.29. The summed E-state index contributed by atoms with van der Waals surface area (Å²) >= 11 is 0. The van der Waals surface area contributed by atoms with Crippen molar-refractivity contribution in [2.24, 2.45) is 23.5 Å². The van der Waals surface area contributed by atoms with Crippen LogP contribution in [0.4, 0.5) is 4.39 Å². The first-order valence-electron chi connectivity index (χ1n) is 9.54. The van der Waals surface area contributed by atoms with E-state index in [-0.39, 0.29) is 17.9 Å². The minimum Gasteiger partial charge on any atom is -0.472 e. The van der Waals surface area contributed by atoms with Crippen molar-refractivity contribution in [3.63, 3.8) is 0 Å². The summed E-state index contributed by atoms with van der Waals surface area (Å²) in [6.45, 7) is 3.87. The number of ether oxygens (including phenoxy) is 1. The maximum atomic E-state index is 13.8. The normalized spacial score (nSPS) is 25.1. The average molecular weight is 369 g/mol. The van der Waals surface area contributed by atoms with E-state index < -0.39 is 5.82 Å². The SMILES string of the molecule is CC[C@H](c1ccccc1C(N)=O)C1[C@H]2CC(Oc3nc(C)ncc3F)C[C@H]12. The summed E-state index contributed by atoms with van der Waals surface area (Å²) in [7, 11) is 0. The number of aryl methyl sites for hydroxylation is 1. The van der Waals surface area contributed by atoms with E-state index in [0.717, 1.165) is 31.0 Å². The number of carbonyl (C=O) groups is 1. The van der Waals surface area contributed by atoms with Gasteiger partial charge in [0.05, 0.1) is 6.20 Å². The fraction of sp³-hybridized carbons (Fsp3) is 0.476. The van der Waals surface area contributed by atoms with Gasteiger partial charge in [0.25, 0.3) is 5.88 Å². The fourth-order valence-corrected chi connectivity index (χ4v) is 4.95. The zero-order valence-electron chi connectivity index (χ0n) is 15.6. The van der Waals surface area contributed by atoms with E-state index in [1.165, 1.54) is 0 Å². The van der Waals surface area contributed by atoms with Gasteiger partial charge in [-0.15, -0.1) is 0 Å². The Hall–Kier alpha value is -2.50. The molecule has 2 aromatic rings. The number of hydrogen-bond donors (Lipinski definition) is 1. The number of carbonyl (C=O) groups excluding carboxylic acids is 1. The molecule has 1 heterocycles. The van der Waals surface area contributed by atoms with Crippen LogP contribution in [0.25, 0.3) is 0 Å². The number of hydrogen-bond acceptors (Lipinski definition) is 4. The second-order valence-corrected chi connectivity index (χ2v) is 7.65. The van der Waals surface area contributed by atoms with Crippen molar-refractivity contribution >= 4 is 5.91 Å². The second-order valence-electron chi connectivity index (χ2n) is 7.65. The standard InChI is InChI=1S/C21H24FN3O2/c1-3-13(14-6-4-5-7-15(14)20(23)26)19-16-8-12(9-17(16)19)27-21-18(22)10-24-11(2)25-21/h4-7,10,12-13,16-17,19H,3,8-9H2,1-2H3,(H2,23,26)/t12?,13-,16+,17+,19?/m1/s1. The van der Waals surface area contributed by atoms with Gasteiger partial charge in [-0.2, -0.15) is 9.37 Å². The minimum absolute atomic E-state index is 0.0102. The van der Waals surface area contributed by atoms with Crippen LogP contribution in [0.15, 0.2) is 30.5 Å². The lowest BCUT2D eigenvalue weighted by atomic mass is 9.84. The first-order valence-corrected chi connectivity index (χ1v) is 9.54. The second kappa shape index (κ2) is 6.91. The van der Waals surface area contributed by atoms with Crippen LogP contribution in [-0.4, -0.2) is 22.0 Å². The predicted molar refractivity (Wildman–Crippen MR) is 98.8 cm³/mol. The lowest BCUT2D eigenvalue weighted by molar-refractivity contribution is 0.0998. The Labute approximate surface area is 158 Å². The van der Waals surface area contributed by atoms with Crippen LogP contribution in [0.5, 0.6) is 5.88 Å². The van der Waals surface area contributed by atoms with Crippen LogP contribution in [0.1, 0.15) is 53.8 Å². The summed E-state index contributed by atoms with van der Waals surface area (Å²) in [5.41, 5.74) is 7.25. The van der Waals surface area contributed by atoms with Gasteiger partial charge < -0.3 is 10.5 Å². The summed E-state index contributed by atoms with van der Waals surface area (Å²) < 4.78 is 19.7. The largest absolute Gasteiger partial charge is 0.472 e. The van der Waals surface area contributed by atoms with E-state index in [1.807, 2.05) is 24.3 Å². The summed E-state index contributed by atoms with van der Waals surface area (Å²) in [5.74, 6) is 1.62. The van der Waals surface area contributed by atoms with Gasteiger partial charge in [-0.3, -0.25) is 4.79 Å². The van der Waals surface area contributed by atoms with E-state index >= 15 is 0 Å². The van der Waals surface area contributed by atoms with Crippen molar-refractivity contribution < 1.29 is 13.9 Å². The molecule has 0 radical (unpaired) electrons. The lowest BCUT2D eigenvalue weighted by Crippen LogP contribution is -2.20. The topological polar surface area (TPSA) is 78.1 Å². The fourth-order valence-electron chi connectivity index (χ4n) is 4.95. The summed E-state index contributed by atoms with van der Waals surface area (Å²) in [6.07, 6.45) is 3.90. The van der Waals surface area contributed by atoms with Gasteiger partial charge in [0, 0.05) is 5.56 Å². The number of amides is 1. The Morgan fingerprint density at radius 3 is 2.70 bits per heavy atom. The monoisotopic (exact) mass is 369 g/mol. The number of fused-ring (bicyclic) bond motifs is 1. The molecule has 142 valence electrons. The maximum Gasteiger partial charge on any atom is 0.254 e. The highest BCUT2D eigenvalue weighted by Gasteiger charge is 2.59. The van der Waals surface area contributed by atoms with Crippen molar-refractivity contribution in [3.8, 4) is 5.88 Å². The van der Waals surface area contributed by atoms with Crippen LogP contribution < -0.4 is 10.5 Å². The number of benzene rings is 1. The third-order valence-corrected chi connectivity index (χ3v) is 6.11. The van der Waals surface area contributed by atoms with Gasteiger partial charge in [-0.05, 0) is 61.5 Å². The number of rotatable bonds is 6. The molecule has 2 aliphatic rings. The zero-order valence-corrected chi connectivity index (χ0v) is 15.6. The Morgan fingerprint density at radius 2 is 2.04 bits per heavy atom. The smallest absolute Gasteiger partial charge is 0.254 e. The van der Waals surface area contributed by atoms with Gasteiger partial charge >= 0.3 is 0 Å². The van der Waals surface area contributed by atoms with Gasteiger partial charge in [0.2, 0.25) is 11.7 Å².